The van der Waals surface area contributed by atoms with Gasteiger partial charge >= 0.3 is 0 Å². The summed E-state index contributed by atoms with van der Waals surface area (Å²) in [5.74, 6) is 0.682. The van der Waals surface area contributed by atoms with E-state index in [1.165, 1.54) is 6.33 Å². The predicted molar refractivity (Wildman–Crippen MR) is 73.4 cm³/mol. The molecule has 0 saturated heterocycles. The number of nitrogens with zero attached hydrogens (tertiary/aromatic N) is 3. The van der Waals surface area contributed by atoms with Crippen LogP contribution in [0.5, 0.6) is 5.75 Å². The second kappa shape index (κ2) is 5.04. The van der Waals surface area contributed by atoms with E-state index in [2.05, 4.69) is 20.5 Å². The first kappa shape index (κ1) is 12.2. The Hall–Kier alpha value is -2.83. The summed E-state index contributed by atoms with van der Waals surface area (Å²) in [5.41, 5.74) is 1.05. The average Bonchev–Trinajstić information content (AvgIpc) is 3.07. The number of benzene rings is 1. The standard InChI is InChI=1S/C13H13N5O2/c1-18-6-5-9-10(18)3-2-4-11(9)20-7-12(19)16-13-14-8-15-17-13/h2-6,8H,7H2,1H3,(H2,14,15,16,17,19). The van der Waals surface area contributed by atoms with E-state index in [1.807, 2.05) is 42.1 Å². The largest absolute Gasteiger partial charge is 0.483 e. The Morgan fingerprint density at radius 2 is 2.35 bits per heavy atom. The van der Waals surface area contributed by atoms with Crippen molar-refractivity contribution in [3.8, 4) is 5.75 Å². The van der Waals surface area contributed by atoms with Crippen LogP contribution in [0.25, 0.3) is 10.9 Å². The molecule has 0 unspecified atom stereocenters. The number of carbonyl (C=O) groups is 1. The molecule has 2 N–H and O–H groups in total. The van der Waals surface area contributed by atoms with Crippen LogP contribution in [0.2, 0.25) is 0 Å². The molecule has 20 heavy (non-hydrogen) atoms. The van der Waals surface area contributed by atoms with Gasteiger partial charge in [0.1, 0.15) is 12.1 Å². The Bertz CT molecular complexity index is 732. The van der Waals surface area contributed by atoms with E-state index < -0.39 is 0 Å². The summed E-state index contributed by atoms with van der Waals surface area (Å²) in [6.07, 6.45) is 3.27. The van der Waals surface area contributed by atoms with Gasteiger partial charge in [-0.15, -0.1) is 0 Å². The maximum Gasteiger partial charge on any atom is 0.264 e. The number of fused-ring (bicyclic) bond motifs is 1. The predicted octanol–water partition coefficient (Wildman–Crippen LogP) is 1.31. The fourth-order valence-electron chi connectivity index (χ4n) is 1.98. The summed E-state index contributed by atoms with van der Waals surface area (Å²) >= 11 is 0. The van der Waals surface area contributed by atoms with Gasteiger partial charge in [-0.05, 0) is 18.2 Å². The van der Waals surface area contributed by atoms with Gasteiger partial charge in [-0.25, -0.2) is 5.10 Å². The molecule has 0 fully saturated rings. The highest BCUT2D eigenvalue weighted by Crippen LogP contribution is 2.25. The van der Waals surface area contributed by atoms with E-state index in [9.17, 15) is 4.79 Å². The summed E-state index contributed by atoms with van der Waals surface area (Å²) in [5, 5.41) is 9.71. The number of amides is 1. The lowest BCUT2D eigenvalue weighted by Crippen LogP contribution is -2.20. The highest BCUT2D eigenvalue weighted by Gasteiger charge is 2.08. The van der Waals surface area contributed by atoms with Crippen molar-refractivity contribution >= 4 is 22.8 Å². The van der Waals surface area contributed by atoms with Gasteiger partial charge in [0.15, 0.2) is 6.61 Å². The van der Waals surface area contributed by atoms with Gasteiger partial charge in [0.05, 0.1) is 5.52 Å². The van der Waals surface area contributed by atoms with Crippen molar-refractivity contribution in [2.24, 2.45) is 7.05 Å². The molecule has 1 amide bonds. The number of hydrogen-bond donors (Lipinski definition) is 2. The molecule has 3 rings (SSSR count). The smallest absolute Gasteiger partial charge is 0.264 e. The highest BCUT2D eigenvalue weighted by molar-refractivity contribution is 5.91. The third-order valence-corrected chi connectivity index (χ3v) is 2.92. The Balaban J connectivity index is 1.69. The number of aromatic amines is 1. The van der Waals surface area contributed by atoms with Crippen molar-refractivity contribution in [3.63, 3.8) is 0 Å². The highest BCUT2D eigenvalue weighted by atomic mass is 16.5. The zero-order valence-electron chi connectivity index (χ0n) is 10.8. The first-order chi connectivity index (χ1) is 9.74. The molecule has 0 bridgehead atoms. The van der Waals surface area contributed by atoms with E-state index in [1.54, 1.807) is 0 Å². The van der Waals surface area contributed by atoms with Gasteiger partial charge in [-0.3, -0.25) is 10.1 Å². The van der Waals surface area contributed by atoms with Crippen LogP contribution in [-0.4, -0.2) is 32.3 Å². The SMILES string of the molecule is Cn1ccc2c(OCC(=O)Nc3ncn[nH]3)cccc21. The number of nitrogens with one attached hydrogen (secondary N) is 2. The fraction of sp³-hybridized carbons (Fsp3) is 0.154. The molecule has 0 spiro atoms. The van der Waals surface area contributed by atoms with E-state index in [0.717, 1.165) is 10.9 Å². The molecular weight excluding hydrogens is 258 g/mol. The quantitative estimate of drug-likeness (QED) is 0.749. The summed E-state index contributed by atoms with van der Waals surface area (Å²) in [6.45, 7) is -0.0886. The average molecular weight is 271 g/mol. The molecular formula is C13H13N5O2. The molecule has 0 aliphatic rings. The minimum absolute atomic E-state index is 0.0886. The van der Waals surface area contributed by atoms with Crippen LogP contribution in [0, 0.1) is 0 Å². The van der Waals surface area contributed by atoms with Crippen molar-refractivity contribution in [2.45, 2.75) is 0 Å². The molecule has 102 valence electrons. The number of anilines is 1. The number of rotatable bonds is 4. The number of aromatic nitrogens is 4. The lowest BCUT2D eigenvalue weighted by molar-refractivity contribution is -0.118. The number of aryl methyl sites for hydroxylation is 1. The van der Waals surface area contributed by atoms with Crippen molar-refractivity contribution in [2.75, 3.05) is 11.9 Å². The lowest BCUT2D eigenvalue weighted by Gasteiger charge is -2.07. The number of H-pyrrole nitrogens is 1. The summed E-state index contributed by atoms with van der Waals surface area (Å²) in [4.78, 5) is 15.5. The molecule has 3 aromatic rings. The second-order valence-electron chi connectivity index (χ2n) is 4.29. The zero-order valence-corrected chi connectivity index (χ0v) is 10.8. The first-order valence-corrected chi connectivity index (χ1v) is 6.06. The summed E-state index contributed by atoms with van der Waals surface area (Å²) in [7, 11) is 1.96. The first-order valence-electron chi connectivity index (χ1n) is 6.06. The van der Waals surface area contributed by atoms with Crippen LogP contribution >= 0.6 is 0 Å². The van der Waals surface area contributed by atoms with E-state index in [0.29, 0.717) is 11.7 Å². The molecule has 0 saturated carbocycles. The minimum atomic E-state index is -0.297. The summed E-state index contributed by atoms with van der Waals surface area (Å²) in [6, 6.07) is 7.69. The van der Waals surface area contributed by atoms with Gasteiger partial charge in [0.2, 0.25) is 5.95 Å². The topological polar surface area (TPSA) is 84.8 Å². The number of ether oxygens (including phenoxy) is 1. The van der Waals surface area contributed by atoms with Crippen LogP contribution < -0.4 is 10.1 Å². The van der Waals surface area contributed by atoms with Gasteiger partial charge < -0.3 is 9.30 Å². The monoisotopic (exact) mass is 271 g/mol. The number of carbonyl (C=O) groups excluding carboxylic acids is 1. The Labute approximate surface area is 114 Å². The lowest BCUT2D eigenvalue weighted by atomic mass is 10.2. The van der Waals surface area contributed by atoms with Crippen molar-refractivity contribution in [3.05, 3.63) is 36.8 Å². The van der Waals surface area contributed by atoms with Crippen molar-refractivity contribution in [1.29, 1.82) is 0 Å². The van der Waals surface area contributed by atoms with Crippen LogP contribution in [0.4, 0.5) is 5.95 Å². The Morgan fingerprint density at radius 3 is 3.15 bits per heavy atom. The molecule has 0 radical (unpaired) electrons. The van der Waals surface area contributed by atoms with Crippen LogP contribution in [0.1, 0.15) is 0 Å². The van der Waals surface area contributed by atoms with E-state index in [4.69, 9.17) is 4.74 Å². The molecule has 2 heterocycles. The number of hydrogen-bond acceptors (Lipinski definition) is 4. The minimum Gasteiger partial charge on any atom is -0.483 e. The maximum atomic E-state index is 11.7. The fourth-order valence-corrected chi connectivity index (χ4v) is 1.98. The van der Waals surface area contributed by atoms with Crippen molar-refractivity contribution in [1.82, 2.24) is 19.7 Å². The molecule has 0 aliphatic heterocycles. The molecule has 0 atom stereocenters. The second-order valence-corrected chi connectivity index (χ2v) is 4.29. The Kier molecular flexibility index (Phi) is 3.08. The van der Waals surface area contributed by atoms with Gasteiger partial charge in [0.25, 0.3) is 5.91 Å². The van der Waals surface area contributed by atoms with Crippen LogP contribution in [-0.2, 0) is 11.8 Å². The van der Waals surface area contributed by atoms with Gasteiger partial charge in [0, 0.05) is 18.6 Å². The molecule has 0 aliphatic carbocycles. The van der Waals surface area contributed by atoms with E-state index >= 15 is 0 Å². The molecule has 2 aromatic heterocycles. The normalized spacial score (nSPS) is 10.7. The van der Waals surface area contributed by atoms with Crippen LogP contribution in [0.3, 0.4) is 0 Å². The van der Waals surface area contributed by atoms with Crippen molar-refractivity contribution < 1.29 is 9.53 Å². The molecule has 1 aromatic carbocycles. The maximum absolute atomic E-state index is 11.7. The Morgan fingerprint density at radius 1 is 1.45 bits per heavy atom. The van der Waals surface area contributed by atoms with Gasteiger partial charge in [-0.2, -0.15) is 10.1 Å². The third-order valence-electron chi connectivity index (χ3n) is 2.92. The van der Waals surface area contributed by atoms with Crippen LogP contribution in [0.15, 0.2) is 36.8 Å². The third kappa shape index (κ3) is 2.33. The van der Waals surface area contributed by atoms with Gasteiger partial charge in [-0.1, -0.05) is 6.07 Å². The zero-order chi connectivity index (χ0) is 13.9. The van der Waals surface area contributed by atoms with E-state index in [-0.39, 0.29) is 12.5 Å². The summed E-state index contributed by atoms with van der Waals surface area (Å²) < 4.78 is 7.55. The molecule has 7 heteroatoms. The molecule has 7 nitrogen and oxygen atoms in total.